The lowest BCUT2D eigenvalue weighted by molar-refractivity contribution is -0.546. The van der Waals surface area contributed by atoms with Crippen molar-refractivity contribution in [2.75, 3.05) is 0 Å². The number of hydrogen-bond donors (Lipinski definition) is 0. The molecule has 0 radical (unpaired) electrons. The molecular weight excluding hydrogens is 222 g/mol. The van der Waals surface area contributed by atoms with Crippen molar-refractivity contribution in [3.05, 3.63) is 46.0 Å². The van der Waals surface area contributed by atoms with Crippen LogP contribution in [0.3, 0.4) is 0 Å². The molecule has 1 aromatic rings. The summed E-state index contributed by atoms with van der Waals surface area (Å²) in [4.78, 5) is 32.7. The van der Waals surface area contributed by atoms with Crippen molar-refractivity contribution >= 4 is 12.1 Å². The van der Waals surface area contributed by atoms with Gasteiger partial charge in [0.15, 0.2) is 0 Å². The monoisotopic (exact) mass is 235 g/mol. The molecule has 1 atom stereocenters. The van der Waals surface area contributed by atoms with Crippen LogP contribution in [0.5, 0.6) is 0 Å². The molecule has 0 saturated heterocycles. The maximum absolute atomic E-state index is 12.1. The second-order valence-corrected chi connectivity index (χ2v) is 3.93. The fraction of sp³-hybridized carbons (Fsp3) is 0.333. The quantitative estimate of drug-likeness (QED) is 0.326. The Labute approximate surface area is 98.6 Å². The Morgan fingerprint density at radius 1 is 1.41 bits per heavy atom. The summed E-state index contributed by atoms with van der Waals surface area (Å²) in [5.41, 5.74) is -1.44. The minimum absolute atomic E-state index is 0.00392. The van der Waals surface area contributed by atoms with Crippen molar-refractivity contribution in [2.24, 2.45) is 0 Å². The van der Waals surface area contributed by atoms with Gasteiger partial charge < -0.3 is 4.79 Å². The van der Waals surface area contributed by atoms with Crippen molar-refractivity contribution in [2.45, 2.75) is 25.3 Å². The van der Waals surface area contributed by atoms with Crippen LogP contribution in [0, 0.1) is 10.1 Å². The van der Waals surface area contributed by atoms with Gasteiger partial charge in [0.2, 0.25) is 5.78 Å². The van der Waals surface area contributed by atoms with Crippen LogP contribution < -0.4 is 0 Å². The van der Waals surface area contributed by atoms with E-state index in [-0.39, 0.29) is 18.4 Å². The summed E-state index contributed by atoms with van der Waals surface area (Å²) in [5, 5.41) is 11.0. The maximum atomic E-state index is 12.1. The highest BCUT2D eigenvalue weighted by atomic mass is 16.6. The average molecular weight is 235 g/mol. The summed E-state index contributed by atoms with van der Waals surface area (Å²) in [7, 11) is 0. The summed E-state index contributed by atoms with van der Waals surface area (Å²) in [6, 6.07) is 8.09. The predicted molar refractivity (Wildman–Crippen MR) is 61.5 cm³/mol. The highest BCUT2D eigenvalue weighted by Gasteiger charge is 2.45. The normalized spacial score (nSPS) is 13.7. The van der Waals surface area contributed by atoms with Crippen molar-refractivity contribution in [1.29, 1.82) is 0 Å². The van der Waals surface area contributed by atoms with Gasteiger partial charge in [0.05, 0.1) is 0 Å². The van der Waals surface area contributed by atoms with Gasteiger partial charge in [-0.1, -0.05) is 30.3 Å². The Hall–Kier alpha value is -2.04. The first-order valence-corrected chi connectivity index (χ1v) is 5.20. The molecule has 0 bridgehead atoms. The molecule has 90 valence electrons. The molecule has 5 nitrogen and oxygen atoms in total. The fourth-order valence-electron chi connectivity index (χ4n) is 1.53. The van der Waals surface area contributed by atoms with E-state index in [4.69, 9.17) is 0 Å². The SMILES string of the molecule is CC(CCC=O)(C(=O)c1ccccc1)[N+](=O)[O-]. The number of ketones is 1. The first-order chi connectivity index (χ1) is 8.02. The van der Waals surface area contributed by atoms with Crippen molar-refractivity contribution in [3.8, 4) is 0 Å². The number of benzene rings is 1. The maximum Gasteiger partial charge on any atom is 0.281 e. The van der Waals surface area contributed by atoms with Crippen LogP contribution in [0.25, 0.3) is 0 Å². The number of Topliss-reactive ketones (excluding diaryl/α,β-unsaturated/α-hetero) is 1. The Kier molecular flexibility index (Phi) is 4.09. The number of carbonyl (C=O) groups excluding carboxylic acids is 2. The molecule has 0 N–H and O–H groups in total. The molecule has 0 aliphatic carbocycles. The van der Waals surface area contributed by atoms with Crippen molar-refractivity contribution < 1.29 is 14.5 Å². The zero-order chi connectivity index (χ0) is 12.9. The van der Waals surface area contributed by atoms with Gasteiger partial charge in [-0.2, -0.15) is 0 Å². The largest absolute Gasteiger partial charge is 0.303 e. The molecule has 1 rings (SSSR count). The van der Waals surface area contributed by atoms with Crippen LogP contribution in [0.2, 0.25) is 0 Å². The van der Waals surface area contributed by atoms with Gasteiger partial charge in [0.1, 0.15) is 6.29 Å². The number of hydrogen-bond acceptors (Lipinski definition) is 4. The zero-order valence-electron chi connectivity index (χ0n) is 9.46. The molecule has 0 aliphatic heterocycles. The highest BCUT2D eigenvalue weighted by Crippen LogP contribution is 2.22. The van der Waals surface area contributed by atoms with E-state index in [1.165, 1.54) is 19.1 Å². The average Bonchev–Trinajstić information content (AvgIpc) is 2.35. The van der Waals surface area contributed by atoms with Crippen LogP contribution in [-0.4, -0.2) is 22.5 Å². The van der Waals surface area contributed by atoms with Crippen LogP contribution in [0.1, 0.15) is 30.1 Å². The summed E-state index contributed by atoms with van der Waals surface area (Å²) < 4.78 is 0. The summed E-state index contributed by atoms with van der Waals surface area (Å²) in [6.45, 7) is 1.26. The molecule has 1 unspecified atom stereocenters. The van der Waals surface area contributed by atoms with Crippen LogP contribution in [0.15, 0.2) is 30.3 Å². The Balaban J connectivity index is 3.03. The van der Waals surface area contributed by atoms with Gasteiger partial charge in [-0.3, -0.25) is 14.9 Å². The molecule has 5 heteroatoms. The number of carbonyl (C=O) groups is 2. The van der Waals surface area contributed by atoms with E-state index in [0.717, 1.165) is 0 Å². The molecular formula is C12H13NO4. The first-order valence-electron chi connectivity index (χ1n) is 5.20. The van der Waals surface area contributed by atoms with E-state index in [2.05, 4.69) is 0 Å². The Morgan fingerprint density at radius 2 is 2.00 bits per heavy atom. The van der Waals surface area contributed by atoms with E-state index in [0.29, 0.717) is 6.29 Å². The summed E-state index contributed by atoms with van der Waals surface area (Å²) >= 11 is 0. The van der Waals surface area contributed by atoms with Gasteiger partial charge >= 0.3 is 0 Å². The second-order valence-electron chi connectivity index (χ2n) is 3.93. The lowest BCUT2D eigenvalue weighted by atomic mass is 9.87. The number of aldehydes is 1. The van der Waals surface area contributed by atoms with Crippen LogP contribution in [0.4, 0.5) is 0 Å². The smallest absolute Gasteiger partial charge is 0.281 e. The van der Waals surface area contributed by atoms with E-state index < -0.39 is 16.2 Å². The first kappa shape index (κ1) is 13.0. The minimum atomic E-state index is -1.73. The molecule has 0 fully saturated rings. The van der Waals surface area contributed by atoms with E-state index in [9.17, 15) is 19.7 Å². The third-order valence-electron chi connectivity index (χ3n) is 2.68. The standard InChI is InChI=1S/C12H13NO4/c1-12(13(16)17,8-5-9-14)11(15)10-6-3-2-4-7-10/h2-4,6-7,9H,5,8H2,1H3. The lowest BCUT2D eigenvalue weighted by Crippen LogP contribution is -2.43. The van der Waals surface area contributed by atoms with E-state index >= 15 is 0 Å². The van der Waals surface area contributed by atoms with E-state index in [1.54, 1.807) is 18.2 Å². The van der Waals surface area contributed by atoms with Gasteiger partial charge in [0.25, 0.3) is 5.54 Å². The second kappa shape index (κ2) is 5.34. The molecule has 1 aromatic carbocycles. The van der Waals surface area contributed by atoms with Crippen LogP contribution in [-0.2, 0) is 4.79 Å². The number of rotatable bonds is 6. The summed E-state index contributed by atoms with van der Waals surface area (Å²) in [5.74, 6) is -0.565. The van der Waals surface area contributed by atoms with Gasteiger partial charge in [-0.25, -0.2) is 0 Å². The third kappa shape index (κ3) is 2.75. The molecule has 0 heterocycles. The molecule has 0 aromatic heterocycles. The topological polar surface area (TPSA) is 77.3 Å². The predicted octanol–water partition coefficient (Wildman–Crippen LogP) is 1.88. The van der Waals surface area contributed by atoms with Gasteiger partial charge in [-0.05, 0) is 0 Å². The molecule has 0 spiro atoms. The van der Waals surface area contributed by atoms with Crippen molar-refractivity contribution in [3.63, 3.8) is 0 Å². The fourth-order valence-corrected chi connectivity index (χ4v) is 1.53. The van der Waals surface area contributed by atoms with Gasteiger partial charge in [0, 0.05) is 30.3 Å². The summed E-state index contributed by atoms with van der Waals surface area (Å²) in [6.07, 6.45) is 0.493. The molecule has 17 heavy (non-hydrogen) atoms. The third-order valence-corrected chi connectivity index (χ3v) is 2.68. The zero-order valence-corrected chi connectivity index (χ0v) is 9.46. The highest BCUT2D eigenvalue weighted by molar-refractivity contribution is 6.02. The molecule has 0 aliphatic rings. The van der Waals surface area contributed by atoms with Crippen molar-refractivity contribution in [1.82, 2.24) is 0 Å². The Morgan fingerprint density at radius 3 is 2.47 bits per heavy atom. The van der Waals surface area contributed by atoms with E-state index in [1.807, 2.05) is 0 Å². The van der Waals surface area contributed by atoms with Gasteiger partial charge in [-0.15, -0.1) is 0 Å². The van der Waals surface area contributed by atoms with Crippen LogP contribution >= 0.6 is 0 Å². The molecule has 0 amide bonds. The number of nitrogens with zero attached hydrogens (tertiary/aromatic N) is 1. The Bertz CT molecular complexity index is 429. The lowest BCUT2D eigenvalue weighted by Gasteiger charge is -2.18. The molecule has 0 saturated carbocycles. The number of nitro groups is 1. The minimum Gasteiger partial charge on any atom is -0.303 e.